The summed E-state index contributed by atoms with van der Waals surface area (Å²) < 4.78 is 11.5. The number of unbranched alkanes of at least 4 members (excludes halogenated alkanes) is 15. The van der Waals surface area contributed by atoms with Gasteiger partial charge in [-0.05, 0) is 77.3 Å². The van der Waals surface area contributed by atoms with Gasteiger partial charge < -0.3 is 25.2 Å². The molecule has 2 aliphatic heterocycles. The van der Waals surface area contributed by atoms with Crippen molar-refractivity contribution in [3.63, 3.8) is 0 Å². The Hall–Kier alpha value is -4.24. The van der Waals surface area contributed by atoms with Crippen LogP contribution >= 0.6 is 0 Å². The van der Waals surface area contributed by atoms with Gasteiger partial charge in [-0.25, -0.2) is 19.9 Å². The summed E-state index contributed by atoms with van der Waals surface area (Å²) >= 11 is 0. The highest BCUT2D eigenvalue weighted by molar-refractivity contribution is 6.02. The molecule has 61 heavy (non-hydrogen) atoms. The van der Waals surface area contributed by atoms with Crippen molar-refractivity contribution in [2.75, 3.05) is 13.1 Å². The number of hydrogen-bond acceptors (Lipinski definition) is 11. The van der Waals surface area contributed by atoms with E-state index in [1.807, 2.05) is 0 Å². The zero-order chi connectivity index (χ0) is 44.6. The fraction of sp³-hybridized carbons (Fsp3) is 0.739. The Morgan fingerprint density at radius 1 is 0.934 bits per heavy atom. The van der Waals surface area contributed by atoms with E-state index in [1.165, 1.54) is 83.6 Å². The minimum atomic E-state index is -1.16. The highest BCUT2D eigenvalue weighted by atomic mass is 16.5. The second-order valence-corrected chi connectivity index (χ2v) is 17.0. The molecule has 1 aromatic rings. The van der Waals surface area contributed by atoms with E-state index in [0.29, 0.717) is 54.7 Å². The molecule has 5 unspecified atom stereocenters. The third-order valence-electron chi connectivity index (χ3n) is 11.5. The topological polar surface area (TPSA) is 207 Å². The van der Waals surface area contributed by atoms with Crippen LogP contribution in [0.15, 0.2) is 23.2 Å². The number of hydroxylamine groups is 4. The van der Waals surface area contributed by atoms with Crippen molar-refractivity contribution < 1.29 is 49.0 Å². The highest BCUT2D eigenvalue weighted by Crippen LogP contribution is 2.27. The largest absolute Gasteiger partial charge is 0.507 e. The smallest absolute Gasteiger partial charge is 0.328 e. The van der Waals surface area contributed by atoms with Crippen LogP contribution in [0, 0.1) is 6.92 Å². The lowest BCUT2D eigenvalue weighted by Crippen LogP contribution is -2.49. The summed E-state index contributed by atoms with van der Waals surface area (Å²) in [5, 5.41) is 37.5. The lowest BCUT2D eigenvalue weighted by atomic mass is 10.0. The van der Waals surface area contributed by atoms with Gasteiger partial charge >= 0.3 is 5.97 Å². The quantitative estimate of drug-likeness (QED) is 0.0231. The van der Waals surface area contributed by atoms with Gasteiger partial charge in [-0.15, -0.1) is 0 Å². The van der Waals surface area contributed by atoms with Crippen molar-refractivity contribution in [1.29, 1.82) is 0 Å². The summed E-state index contributed by atoms with van der Waals surface area (Å²) in [6.07, 6.45) is 19.1. The predicted octanol–water partition coefficient (Wildman–Crippen LogP) is 7.58. The minimum absolute atomic E-state index is 0.0465. The molecule has 15 heteroatoms. The number of benzene rings is 1. The maximum absolute atomic E-state index is 13.6. The number of nitrogens with zero attached hydrogens (tertiary/aromatic N) is 3. The number of carbonyl (C=O) groups is 5. The fourth-order valence-corrected chi connectivity index (χ4v) is 7.84. The Morgan fingerprint density at radius 3 is 2.18 bits per heavy atom. The number of rotatable bonds is 29. The Kier molecular flexibility index (Phi) is 23.8. The van der Waals surface area contributed by atoms with Crippen LogP contribution in [0.25, 0.3) is 0 Å². The van der Waals surface area contributed by atoms with E-state index < -0.39 is 54.0 Å². The number of aromatic hydroxyl groups is 1. The maximum atomic E-state index is 13.6. The first kappa shape index (κ1) is 51.1. The first-order chi connectivity index (χ1) is 29.3. The summed E-state index contributed by atoms with van der Waals surface area (Å²) in [5.41, 5.74) is 1.07. The Labute approximate surface area is 363 Å². The number of aliphatic imine (C=N–C) groups is 1. The maximum Gasteiger partial charge on any atom is 0.328 e. The second-order valence-electron chi connectivity index (χ2n) is 17.0. The fourth-order valence-electron chi connectivity index (χ4n) is 7.84. The van der Waals surface area contributed by atoms with Gasteiger partial charge in [-0.2, -0.15) is 0 Å². The summed E-state index contributed by atoms with van der Waals surface area (Å²) in [5.74, 6) is -2.83. The molecular formula is C46H75N5O10. The molecule has 0 spiro atoms. The normalized spacial score (nSPS) is 18.7. The van der Waals surface area contributed by atoms with Gasteiger partial charge in [0.25, 0.3) is 5.91 Å². The zero-order valence-electron chi connectivity index (χ0n) is 37.3. The van der Waals surface area contributed by atoms with Gasteiger partial charge in [0.2, 0.25) is 23.6 Å². The van der Waals surface area contributed by atoms with Gasteiger partial charge in [0.15, 0.2) is 6.04 Å². The van der Waals surface area contributed by atoms with Crippen LogP contribution in [0.5, 0.6) is 5.75 Å². The molecule has 1 aromatic carbocycles. The number of amides is 4. The molecule has 344 valence electrons. The van der Waals surface area contributed by atoms with Gasteiger partial charge in [-0.1, -0.05) is 109 Å². The van der Waals surface area contributed by atoms with Gasteiger partial charge in [0.05, 0.1) is 12.0 Å². The minimum Gasteiger partial charge on any atom is -0.507 e. The molecular weight excluding hydrogens is 783 g/mol. The molecule has 5 atom stereocenters. The zero-order valence-corrected chi connectivity index (χ0v) is 37.3. The Bertz CT molecular complexity index is 1540. The molecule has 3 rings (SSSR count). The standard InChI is InChI=1S/C46H75N5O10/c1-5-6-7-8-9-10-11-12-13-14-15-16-17-18-19-29-40(54)50(58)30-22-21-27-37(46(57)60-34(3)32-39(53)47-36-26-20-23-31-51(59)45(36)56)48-43(55)42-35(4)61-44(49-42)41-33(2)25-24-28-38(41)52/h24-25,28,34-37,42,52,58-59H,5-23,26-27,29-32H2,1-4H3,(H,47,53)(H,48,55). The highest BCUT2D eigenvalue weighted by Gasteiger charge is 2.37. The summed E-state index contributed by atoms with van der Waals surface area (Å²) in [6, 6.07) is 1.87. The van der Waals surface area contributed by atoms with Crippen LogP contribution in [-0.4, -0.2) is 105 Å². The molecule has 0 radical (unpaired) electrons. The van der Waals surface area contributed by atoms with E-state index in [-0.39, 0.29) is 49.9 Å². The molecule has 0 bridgehead atoms. The molecule has 4 amide bonds. The predicted molar refractivity (Wildman–Crippen MR) is 232 cm³/mol. The van der Waals surface area contributed by atoms with Crippen LogP contribution in [0.1, 0.15) is 180 Å². The first-order valence-corrected chi connectivity index (χ1v) is 23.1. The molecule has 1 fully saturated rings. The Morgan fingerprint density at radius 2 is 1.56 bits per heavy atom. The summed E-state index contributed by atoms with van der Waals surface area (Å²) in [7, 11) is 0. The van der Waals surface area contributed by atoms with Gasteiger partial charge in [-0.3, -0.25) is 29.6 Å². The van der Waals surface area contributed by atoms with Crippen molar-refractivity contribution in [1.82, 2.24) is 20.8 Å². The number of phenolic OH excluding ortho intramolecular Hbond substituents is 1. The van der Waals surface area contributed by atoms with Crippen LogP contribution in [0.4, 0.5) is 0 Å². The van der Waals surface area contributed by atoms with E-state index >= 15 is 0 Å². The van der Waals surface area contributed by atoms with E-state index in [1.54, 1.807) is 26.0 Å². The van der Waals surface area contributed by atoms with E-state index in [2.05, 4.69) is 22.5 Å². The molecule has 2 aliphatic rings. The van der Waals surface area contributed by atoms with E-state index in [9.17, 15) is 39.5 Å². The average Bonchev–Trinajstić information content (AvgIpc) is 3.53. The van der Waals surface area contributed by atoms with Crippen LogP contribution in [0.3, 0.4) is 0 Å². The number of hydrogen-bond donors (Lipinski definition) is 5. The monoisotopic (exact) mass is 858 g/mol. The van der Waals surface area contributed by atoms with E-state index in [0.717, 1.165) is 24.3 Å². The number of phenols is 1. The molecule has 0 aromatic heterocycles. The lowest BCUT2D eigenvalue weighted by Gasteiger charge is -2.23. The molecule has 5 N–H and O–H groups in total. The molecule has 15 nitrogen and oxygen atoms in total. The number of aryl methyl sites for hydroxylation is 1. The van der Waals surface area contributed by atoms with Crippen molar-refractivity contribution in [3.8, 4) is 5.75 Å². The molecule has 2 heterocycles. The third-order valence-corrected chi connectivity index (χ3v) is 11.5. The van der Waals surface area contributed by atoms with Gasteiger partial charge in [0, 0.05) is 19.5 Å². The first-order valence-electron chi connectivity index (χ1n) is 23.1. The van der Waals surface area contributed by atoms with Gasteiger partial charge in [0.1, 0.15) is 30.0 Å². The van der Waals surface area contributed by atoms with Crippen molar-refractivity contribution in [2.24, 2.45) is 4.99 Å². The van der Waals surface area contributed by atoms with Crippen LogP contribution in [-0.2, 0) is 33.4 Å². The average molecular weight is 858 g/mol. The number of nitrogens with one attached hydrogen (secondary N) is 2. The SMILES string of the molecule is CCCCCCCCCCCCCCCCCC(=O)N(O)CCCCC(NC(=O)C1N=C(c2c(C)cccc2O)OC1C)C(=O)OC(C)CC(=O)NC1CCCCN(O)C1=O. The molecule has 1 saturated heterocycles. The second kappa shape index (κ2) is 28.4. The van der Waals surface area contributed by atoms with Crippen molar-refractivity contribution in [2.45, 2.75) is 206 Å². The summed E-state index contributed by atoms with van der Waals surface area (Å²) in [6.45, 7) is 7.45. The van der Waals surface area contributed by atoms with Crippen molar-refractivity contribution >= 4 is 35.5 Å². The Balaban J connectivity index is 1.46. The number of ether oxygens (including phenoxy) is 2. The number of carbonyl (C=O) groups excluding carboxylic acids is 5. The summed E-state index contributed by atoms with van der Waals surface area (Å²) in [4.78, 5) is 69.5. The molecule has 0 aliphatic carbocycles. The van der Waals surface area contributed by atoms with E-state index in [4.69, 9.17) is 9.47 Å². The van der Waals surface area contributed by atoms with Crippen LogP contribution in [0.2, 0.25) is 0 Å². The number of esters is 1. The van der Waals surface area contributed by atoms with Crippen LogP contribution < -0.4 is 10.6 Å². The molecule has 0 saturated carbocycles. The third kappa shape index (κ3) is 18.7. The lowest BCUT2D eigenvalue weighted by molar-refractivity contribution is -0.167. The van der Waals surface area contributed by atoms with Crippen molar-refractivity contribution in [3.05, 3.63) is 29.3 Å².